The number of aromatic nitrogens is 13. The zero-order valence-electron chi connectivity index (χ0n) is 48.8. The van der Waals surface area contributed by atoms with Gasteiger partial charge in [0.1, 0.15) is 49.4 Å². The Hall–Kier alpha value is -7.39. The smallest absolute Gasteiger partial charge is 0.191 e. The lowest BCUT2D eigenvalue weighted by molar-refractivity contribution is 0.443. The number of hydrogen-bond donors (Lipinski definition) is 6. The number of hydrogen-bond acceptors (Lipinski definition) is 30. The number of pyridine rings is 3. The van der Waals surface area contributed by atoms with E-state index in [1.165, 1.54) is 34.0 Å². The van der Waals surface area contributed by atoms with E-state index < -0.39 is 0 Å². The van der Waals surface area contributed by atoms with Gasteiger partial charge in [-0.1, -0.05) is 68.0 Å². The molecule has 30 heteroatoms. The maximum Gasteiger partial charge on any atom is 0.191 e. The van der Waals surface area contributed by atoms with Crippen LogP contribution in [0, 0.1) is 20.8 Å². The number of aromatic hydroxyl groups is 3. The monoisotopic (exact) mass is 1310 g/mol. The van der Waals surface area contributed by atoms with E-state index in [1.807, 2.05) is 19.9 Å². The third kappa shape index (κ3) is 12.9. The standard InChI is InChI=1S/C20H21N7OS2.C19H20N6O2S2.C19H20N6OS3/c1-11-7-12(10-23-26-11)13-8-15(28)16(22-9-13)17-24-18-19(29-17)25-20(30-18)27(2)14-3-5-21-6-4-14;2*1-10-21-9-14(27-10)11-7-13(26)15(22-8-11)16-23-17-18(28-16)24-19(29-17)25(2)12-3-5-20-6-4-12/h7-10,14,21,28H,3-6H2,1-2H3;2*7-9,12,20,26H,3-6H2,1-2H3. The molecule has 454 valence electrons. The Morgan fingerprint density at radius 2 is 0.830 bits per heavy atom. The van der Waals surface area contributed by atoms with Gasteiger partial charge in [0, 0.05) is 93.2 Å². The Bertz CT molecular complexity index is 4120. The quantitative estimate of drug-likeness (QED) is 0.0663. The van der Waals surface area contributed by atoms with Crippen molar-refractivity contribution in [1.29, 1.82) is 0 Å². The van der Waals surface area contributed by atoms with Crippen molar-refractivity contribution in [2.75, 3.05) is 75.1 Å². The minimum atomic E-state index is 0.0602. The van der Waals surface area contributed by atoms with Gasteiger partial charge in [0.2, 0.25) is 0 Å². The molecule has 23 nitrogen and oxygen atoms in total. The Morgan fingerprint density at radius 3 is 1.22 bits per heavy atom. The summed E-state index contributed by atoms with van der Waals surface area (Å²) in [5.41, 5.74) is 5.43. The van der Waals surface area contributed by atoms with Crippen LogP contribution >= 0.6 is 79.4 Å². The van der Waals surface area contributed by atoms with Crippen molar-refractivity contribution in [2.45, 2.75) is 77.4 Å². The van der Waals surface area contributed by atoms with Crippen LogP contribution in [0.15, 0.2) is 65.9 Å². The fraction of sp³-hybridized carbons (Fsp3) is 0.362. The molecule has 0 spiro atoms. The molecule has 15 heterocycles. The second kappa shape index (κ2) is 26.0. The summed E-state index contributed by atoms with van der Waals surface area (Å²) in [6.45, 7) is 11.9. The summed E-state index contributed by atoms with van der Waals surface area (Å²) in [7, 11) is 6.34. The van der Waals surface area contributed by atoms with Gasteiger partial charge in [-0.3, -0.25) is 0 Å². The summed E-state index contributed by atoms with van der Waals surface area (Å²) in [6, 6.07) is 8.50. The van der Waals surface area contributed by atoms with Gasteiger partial charge in [-0.05, 0) is 116 Å². The topological polar surface area (TPSA) is 287 Å². The average Bonchev–Trinajstić information content (AvgIpc) is 3.15. The van der Waals surface area contributed by atoms with Gasteiger partial charge < -0.3 is 50.4 Å². The molecule has 0 saturated carbocycles. The van der Waals surface area contributed by atoms with Crippen LogP contribution in [0.5, 0.6) is 17.2 Å². The summed E-state index contributed by atoms with van der Waals surface area (Å²) in [6.07, 6.45) is 17.0. The van der Waals surface area contributed by atoms with Crippen molar-refractivity contribution in [1.82, 2.24) is 81.0 Å². The molecule has 3 saturated heterocycles. The fourth-order valence-electron chi connectivity index (χ4n) is 10.6. The second-order valence-electron chi connectivity index (χ2n) is 21.5. The van der Waals surface area contributed by atoms with E-state index in [0.29, 0.717) is 67.4 Å². The number of anilines is 3. The van der Waals surface area contributed by atoms with Crippen LogP contribution in [-0.4, -0.2) is 159 Å². The average molecular weight is 1310 g/mol. The van der Waals surface area contributed by atoms with Gasteiger partial charge in [0.05, 0.1) is 28.0 Å². The van der Waals surface area contributed by atoms with Crippen LogP contribution < -0.4 is 30.7 Å². The van der Waals surface area contributed by atoms with Crippen LogP contribution in [-0.2, 0) is 0 Å². The van der Waals surface area contributed by atoms with Crippen molar-refractivity contribution in [3.8, 4) is 82.2 Å². The normalized spacial score (nSPS) is 15.2. The first kappa shape index (κ1) is 59.6. The Balaban J connectivity index is 0.000000122. The number of nitrogens with one attached hydrogen (secondary N) is 3. The third-order valence-electron chi connectivity index (χ3n) is 15.5. The van der Waals surface area contributed by atoms with Crippen LogP contribution in [0.25, 0.3) is 94.0 Å². The lowest BCUT2D eigenvalue weighted by Crippen LogP contribution is -2.41. The number of aryl methyl sites for hydroxylation is 3. The summed E-state index contributed by atoms with van der Waals surface area (Å²) < 4.78 is 5.50. The van der Waals surface area contributed by atoms with Gasteiger partial charge in [-0.15, -0.1) is 11.3 Å². The van der Waals surface area contributed by atoms with Crippen LogP contribution in [0.4, 0.5) is 15.4 Å². The van der Waals surface area contributed by atoms with Crippen molar-refractivity contribution < 1.29 is 19.7 Å². The molecule has 0 amide bonds. The Kier molecular flexibility index (Phi) is 17.6. The van der Waals surface area contributed by atoms with E-state index in [1.54, 1.807) is 108 Å². The number of nitrogens with zero attached hydrogens (tertiary/aromatic N) is 16. The highest BCUT2D eigenvalue weighted by Crippen LogP contribution is 2.43. The van der Waals surface area contributed by atoms with Gasteiger partial charge >= 0.3 is 0 Å². The first-order chi connectivity index (χ1) is 42.7. The zero-order chi connectivity index (χ0) is 60.6. The molecule has 6 N–H and O–H groups in total. The first-order valence-electron chi connectivity index (χ1n) is 28.6. The van der Waals surface area contributed by atoms with Crippen molar-refractivity contribution >= 4 is 124 Å². The molecule has 3 aliphatic rings. The van der Waals surface area contributed by atoms with Crippen LogP contribution in [0.3, 0.4) is 0 Å². The minimum absolute atomic E-state index is 0.0602. The van der Waals surface area contributed by atoms with E-state index in [0.717, 1.165) is 154 Å². The number of piperidine rings is 3. The molecule has 0 radical (unpaired) electrons. The SMILES string of the molecule is Cc1cc(-c2cnc(-c3nc4sc(N(C)C5CCNCC5)nc4s3)c(O)c2)cnn1.Cc1ncc(-c2cnc(-c3nc4sc(N(C)C5CCNCC5)nc4s3)c(O)c2)o1.Cc1ncc(-c2cnc(-c3nc4sc(N(C)C5CCNCC5)nc4s3)c(O)c2)s1. The fourth-order valence-corrected chi connectivity index (χ4v) is 17.6. The van der Waals surface area contributed by atoms with E-state index in [2.05, 4.69) is 91.9 Å². The lowest BCUT2D eigenvalue weighted by Gasteiger charge is -2.31. The van der Waals surface area contributed by atoms with Crippen LogP contribution in [0.2, 0.25) is 0 Å². The highest BCUT2D eigenvalue weighted by molar-refractivity contribution is 7.31. The largest absolute Gasteiger partial charge is 0.506 e. The van der Waals surface area contributed by atoms with E-state index >= 15 is 0 Å². The molecule has 0 aliphatic carbocycles. The molecule has 3 aliphatic heterocycles. The van der Waals surface area contributed by atoms with Crippen LogP contribution in [0.1, 0.15) is 55.1 Å². The molecule has 88 heavy (non-hydrogen) atoms. The summed E-state index contributed by atoms with van der Waals surface area (Å²) in [4.78, 5) is 63.2. The van der Waals surface area contributed by atoms with E-state index in [9.17, 15) is 15.3 Å². The molecular weight excluding hydrogens is 1250 g/mol. The number of fused-ring (bicyclic) bond motifs is 3. The summed E-state index contributed by atoms with van der Waals surface area (Å²) >= 11 is 10.7. The highest BCUT2D eigenvalue weighted by Gasteiger charge is 2.27. The molecule has 12 aromatic rings. The maximum atomic E-state index is 10.6. The highest BCUT2D eigenvalue weighted by atomic mass is 32.1. The van der Waals surface area contributed by atoms with E-state index in [-0.39, 0.29) is 17.2 Å². The summed E-state index contributed by atoms with van der Waals surface area (Å²) in [5, 5.41) is 55.8. The molecule has 0 atom stereocenters. The van der Waals surface area contributed by atoms with Crippen molar-refractivity contribution in [2.24, 2.45) is 0 Å². The molecule has 3 fully saturated rings. The lowest BCUT2D eigenvalue weighted by atomic mass is 10.1. The number of thiazole rings is 7. The van der Waals surface area contributed by atoms with Gasteiger partial charge in [0.15, 0.2) is 56.0 Å². The Labute approximate surface area is 533 Å². The molecule has 15 rings (SSSR count). The first-order valence-corrected chi connectivity index (χ1v) is 34.3. The molecule has 12 aromatic heterocycles. The van der Waals surface area contributed by atoms with Gasteiger partial charge in [0.25, 0.3) is 0 Å². The third-order valence-corrected chi connectivity index (χ3v) is 22.8. The minimum Gasteiger partial charge on any atom is -0.506 e. The molecule has 0 bridgehead atoms. The predicted molar refractivity (Wildman–Crippen MR) is 355 cm³/mol. The van der Waals surface area contributed by atoms with Gasteiger partial charge in [-0.25, -0.2) is 54.8 Å². The molecule has 0 aromatic carbocycles. The molecule has 0 unspecified atom stereocenters. The predicted octanol–water partition coefficient (Wildman–Crippen LogP) is 11.3. The zero-order valence-corrected chi connectivity index (χ0v) is 54.5. The number of rotatable bonds is 12. The second-order valence-corrected chi connectivity index (χ2v) is 28.5. The van der Waals surface area contributed by atoms with Gasteiger partial charge in [-0.2, -0.15) is 10.2 Å². The Morgan fingerprint density at radius 1 is 0.432 bits per heavy atom. The van der Waals surface area contributed by atoms with Crippen molar-refractivity contribution in [3.05, 3.63) is 78.0 Å². The number of oxazole rings is 1. The molecular formula is C58H61N19O4S7. The maximum absolute atomic E-state index is 10.6. The summed E-state index contributed by atoms with van der Waals surface area (Å²) in [5.74, 6) is 1.42. The van der Waals surface area contributed by atoms with E-state index in [4.69, 9.17) is 29.3 Å². The van der Waals surface area contributed by atoms with Crippen molar-refractivity contribution in [3.63, 3.8) is 0 Å².